The second-order valence-electron chi connectivity index (χ2n) is 4.34. The van der Waals surface area contributed by atoms with E-state index >= 15 is 0 Å². The summed E-state index contributed by atoms with van der Waals surface area (Å²) >= 11 is 6.10. The van der Waals surface area contributed by atoms with Gasteiger partial charge in [0, 0.05) is 11.3 Å². The van der Waals surface area contributed by atoms with Crippen LogP contribution in [0, 0.1) is 0 Å². The van der Waals surface area contributed by atoms with Gasteiger partial charge in [0.25, 0.3) is 0 Å². The monoisotopic (exact) mass is 295 g/mol. The number of rotatable bonds is 3. The molecule has 0 aliphatic rings. The fourth-order valence-electron chi connectivity index (χ4n) is 1.85. The summed E-state index contributed by atoms with van der Waals surface area (Å²) in [6.07, 6.45) is 1.17. The van der Waals surface area contributed by atoms with Crippen LogP contribution in [-0.4, -0.2) is 14.7 Å². The van der Waals surface area contributed by atoms with Crippen LogP contribution in [0.1, 0.15) is 17.2 Å². The minimum Gasteiger partial charge on any atom is -0.320 e. The molecule has 0 amide bonds. The van der Waals surface area contributed by atoms with Gasteiger partial charge in [0.15, 0.2) is 9.84 Å². The number of nitrogens with two attached hydrogens (primary N) is 1. The molecule has 5 heteroatoms. The Morgan fingerprint density at radius 1 is 1.11 bits per heavy atom. The summed E-state index contributed by atoms with van der Waals surface area (Å²) < 4.78 is 23.1. The van der Waals surface area contributed by atoms with Crippen LogP contribution in [0.4, 0.5) is 0 Å². The molecule has 0 saturated carbocycles. The van der Waals surface area contributed by atoms with E-state index in [0.717, 1.165) is 11.1 Å². The molecule has 0 saturated heterocycles. The fourth-order valence-corrected chi connectivity index (χ4v) is 2.77. The Morgan fingerprint density at radius 2 is 1.79 bits per heavy atom. The van der Waals surface area contributed by atoms with Gasteiger partial charge >= 0.3 is 0 Å². The van der Waals surface area contributed by atoms with Gasteiger partial charge in [-0.2, -0.15) is 0 Å². The van der Waals surface area contributed by atoms with Crippen LogP contribution in [0.25, 0.3) is 0 Å². The molecular formula is C14H14ClNO2S. The van der Waals surface area contributed by atoms with Crippen LogP contribution in [0.5, 0.6) is 0 Å². The average molecular weight is 296 g/mol. The van der Waals surface area contributed by atoms with E-state index in [2.05, 4.69) is 0 Å². The second kappa shape index (κ2) is 5.33. The minimum atomic E-state index is -3.24. The Hall–Kier alpha value is -1.36. The van der Waals surface area contributed by atoms with Crippen molar-refractivity contribution in [3.63, 3.8) is 0 Å². The molecule has 2 aromatic rings. The first-order valence-corrected chi connectivity index (χ1v) is 7.96. The smallest absolute Gasteiger partial charge is 0.175 e. The predicted molar refractivity (Wildman–Crippen MR) is 77.0 cm³/mol. The van der Waals surface area contributed by atoms with Crippen LogP contribution >= 0.6 is 11.6 Å². The Balaban J connectivity index is 2.46. The fraction of sp³-hybridized carbons (Fsp3) is 0.143. The van der Waals surface area contributed by atoms with Gasteiger partial charge in [0.1, 0.15) is 0 Å². The van der Waals surface area contributed by atoms with E-state index < -0.39 is 15.9 Å². The molecule has 2 N–H and O–H groups in total. The van der Waals surface area contributed by atoms with Gasteiger partial charge in [0.2, 0.25) is 0 Å². The van der Waals surface area contributed by atoms with Gasteiger partial charge in [-0.05, 0) is 29.3 Å². The zero-order valence-corrected chi connectivity index (χ0v) is 11.9. The Labute approximate surface area is 117 Å². The van der Waals surface area contributed by atoms with Gasteiger partial charge in [-0.15, -0.1) is 0 Å². The maximum atomic E-state index is 11.5. The van der Waals surface area contributed by atoms with Gasteiger partial charge in [-0.25, -0.2) is 8.42 Å². The van der Waals surface area contributed by atoms with E-state index in [-0.39, 0.29) is 4.90 Å². The van der Waals surface area contributed by atoms with Crippen LogP contribution < -0.4 is 5.73 Å². The highest BCUT2D eigenvalue weighted by Crippen LogP contribution is 2.27. The molecule has 2 aromatic carbocycles. The summed E-state index contributed by atoms with van der Waals surface area (Å²) in [7, 11) is -3.24. The lowest BCUT2D eigenvalue weighted by Crippen LogP contribution is -2.13. The molecule has 1 unspecified atom stereocenters. The van der Waals surface area contributed by atoms with Crippen molar-refractivity contribution in [1.82, 2.24) is 0 Å². The van der Waals surface area contributed by atoms with Crippen molar-refractivity contribution >= 4 is 21.4 Å². The third-order valence-electron chi connectivity index (χ3n) is 2.89. The highest BCUT2D eigenvalue weighted by atomic mass is 35.5. The average Bonchev–Trinajstić information content (AvgIpc) is 2.38. The maximum Gasteiger partial charge on any atom is 0.175 e. The number of sulfone groups is 1. The molecule has 19 heavy (non-hydrogen) atoms. The summed E-state index contributed by atoms with van der Waals surface area (Å²) in [6.45, 7) is 0. The number of benzene rings is 2. The molecule has 0 aromatic heterocycles. The van der Waals surface area contributed by atoms with Gasteiger partial charge in [0.05, 0.1) is 10.9 Å². The van der Waals surface area contributed by atoms with Crippen molar-refractivity contribution in [2.45, 2.75) is 10.9 Å². The van der Waals surface area contributed by atoms with Crippen LogP contribution in [0.2, 0.25) is 5.02 Å². The van der Waals surface area contributed by atoms with E-state index in [9.17, 15) is 8.42 Å². The van der Waals surface area contributed by atoms with E-state index in [1.54, 1.807) is 30.3 Å². The van der Waals surface area contributed by atoms with E-state index in [1.807, 2.05) is 18.2 Å². The Bertz CT molecular complexity index is 698. The van der Waals surface area contributed by atoms with E-state index in [0.29, 0.717) is 5.02 Å². The highest BCUT2D eigenvalue weighted by molar-refractivity contribution is 7.90. The summed E-state index contributed by atoms with van der Waals surface area (Å²) in [5.74, 6) is 0. The standard InChI is InChI=1S/C14H14ClNO2S/c1-19(17,18)11-6-4-5-10(9-11)14(16)12-7-2-3-8-13(12)15/h2-9,14H,16H2,1H3. The molecule has 3 nitrogen and oxygen atoms in total. The molecule has 0 radical (unpaired) electrons. The molecule has 0 heterocycles. The maximum absolute atomic E-state index is 11.5. The molecule has 0 aliphatic heterocycles. The van der Waals surface area contributed by atoms with E-state index in [4.69, 9.17) is 17.3 Å². The quantitative estimate of drug-likeness (QED) is 0.947. The topological polar surface area (TPSA) is 60.2 Å². The van der Waals surface area contributed by atoms with Crippen LogP contribution in [0.15, 0.2) is 53.4 Å². The lowest BCUT2D eigenvalue weighted by Gasteiger charge is -2.14. The molecular weight excluding hydrogens is 282 g/mol. The highest BCUT2D eigenvalue weighted by Gasteiger charge is 2.14. The van der Waals surface area contributed by atoms with Crippen molar-refractivity contribution in [2.75, 3.05) is 6.26 Å². The van der Waals surface area contributed by atoms with Crippen molar-refractivity contribution in [1.29, 1.82) is 0 Å². The van der Waals surface area contributed by atoms with Crippen molar-refractivity contribution in [3.8, 4) is 0 Å². The molecule has 1 atom stereocenters. The van der Waals surface area contributed by atoms with Crippen molar-refractivity contribution < 1.29 is 8.42 Å². The third kappa shape index (κ3) is 3.15. The largest absolute Gasteiger partial charge is 0.320 e. The van der Waals surface area contributed by atoms with E-state index in [1.165, 1.54) is 6.26 Å². The minimum absolute atomic E-state index is 0.257. The third-order valence-corrected chi connectivity index (χ3v) is 4.34. The predicted octanol–water partition coefficient (Wildman–Crippen LogP) is 2.79. The van der Waals surface area contributed by atoms with Crippen molar-refractivity contribution in [3.05, 3.63) is 64.7 Å². The first kappa shape index (κ1) is 14.1. The Morgan fingerprint density at radius 3 is 2.42 bits per heavy atom. The first-order valence-electron chi connectivity index (χ1n) is 5.69. The van der Waals surface area contributed by atoms with Gasteiger partial charge in [-0.3, -0.25) is 0 Å². The molecule has 100 valence electrons. The summed E-state index contributed by atoms with van der Waals surface area (Å²) in [5.41, 5.74) is 7.64. The molecule has 0 spiro atoms. The molecule has 0 aliphatic carbocycles. The van der Waals surface area contributed by atoms with Gasteiger partial charge in [-0.1, -0.05) is 41.9 Å². The second-order valence-corrected chi connectivity index (χ2v) is 6.77. The lowest BCUT2D eigenvalue weighted by molar-refractivity contribution is 0.601. The lowest BCUT2D eigenvalue weighted by atomic mass is 10.00. The first-order chi connectivity index (χ1) is 8.89. The summed E-state index contributed by atoms with van der Waals surface area (Å²) in [5, 5.41) is 0.569. The normalized spacial score (nSPS) is 13.2. The number of hydrogen-bond acceptors (Lipinski definition) is 3. The van der Waals surface area contributed by atoms with Crippen molar-refractivity contribution in [2.24, 2.45) is 5.73 Å². The molecule has 2 rings (SSSR count). The summed E-state index contributed by atoms with van der Waals surface area (Å²) in [4.78, 5) is 0.257. The SMILES string of the molecule is CS(=O)(=O)c1cccc(C(N)c2ccccc2Cl)c1. The van der Waals surface area contributed by atoms with Gasteiger partial charge < -0.3 is 5.73 Å². The molecule has 0 fully saturated rings. The summed E-state index contributed by atoms with van der Waals surface area (Å²) in [6, 6.07) is 13.4. The zero-order valence-electron chi connectivity index (χ0n) is 10.4. The number of halogens is 1. The van der Waals surface area contributed by atoms with Crippen LogP contribution in [-0.2, 0) is 9.84 Å². The van der Waals surface area contributed by atoms with Crippen LogP contribution in [0.3, 0.4) is 0 Å². The zero-order chi connectivity index (χ0) is 14.0. The Kier molecular flexibility index (Phi) is 3.94. The number of hydrogen-bond donors (Lipinski definition) is 1. The molecule has 0 bridgehead atoms.